The van der Waals surface area contributed by atoms with Gasteiger partial charge in [0.25, 0.3) is 0 Å². The molecule has 7 heteroatoms. The lowest BCUT2D eigenvalue weighted by Gasteiger charge is -2.47. The second-order valence-electron chi connectivity index (χ2n) is 5.51. The quantitative estimate of drug-likeness (QED) is 0.463. The molecule has 22 heavy (non-hydrogen) atoms. The van der Waals surface area contributed by atoms with Crippen LogP contribution < -0.4 is 5.32 Å². The van der Waals surface area contributed by atoms with Gasteiger partial charge in [-0.15, -0.1) is 0 Å². The van der Waals surface area contributed by atoms with Gasteiger partial charge in [-0.25, -0.2) is 0 Å². The van der Waals surface area contributed by atoms with Crippen LogP contribution in [0, 0.1) is 0 Å². The Morgan fingerprint density at radius 1 is 1.27 bits per heavy atom. The number of carbonyl (C=O) groups excluding carboxylic acids is 1. The summed E-state index contributed by atoms with van der Waals surface area (Å²) in [4.78, 5) is 11.3. The lowest BCUT2D eigenvalue weighted by molar-refractivity contribution is -0.317. The third kappa shape index (κ3) is 3.45. The van der Waals surface area contributed by atoms with Crippen LogP contribution in [-0.2, 0) is 16.0 Å². The molecular formula is C15H21NO6. The van der Waals surface area contributed by atoms with Crippen LogP contribution in [0.25, 0.3) is 0 Å². The van der Waals surface area contributed by atoms with Crippen LogP contribution in [0.5, 0.6) is 0 Å². The van der Waals surface area contributed by atoms with Gasteiger partial charge < -0.3 is 30.5 Å². The van der Waals surface area contributed by atoms with E-state index in [-0.39, 0.29) is 6.42 Å². The summed E-state index contributed by atoms with van der Waals surface area (Å²) < 4.78 is 5.40. The van der Waals surface area contributed by atoms with E-state index in [1.165, 1.54) is 6.92 Å². The highest BCUT2D eigenvalue weighted by Crippen LogP contribution is 2.31. The summed E-state index contributed by atoms with van der Waals surface area (Å²) in [6, 6.07) is 7.68. The average molecular weight is 311 g/mol. The molecule has 0 bridgehead atoms. The number of hydrogen-bond acceptors (Lipinski definition) is 6. The van der Waals surface area contributed by atoms with Crippen LogP contribution in [0.2, 0.25) is 0 Å². The first-order valence-electron chi connectivity index (χ1n) is 7.05. The van der Waals surface area contributed by atoms with Crippen LogP contribution in [-0.4, -0.2) is 63.1 Å². The Hall–Kier alpha value is -1.51. The van der Waals surface area contributed by atoms with Crippen molar-refractivity contribution in [1.29, 1.82) is 0 Å². The predicted molar refractivity (Wildman–Crippen MR) is 76.7 cm³/mol. The van der Waals surface area contributed by atoms with Gasteiger partial charge in [-0.05, 0) is 5.56 Å². The smallest absolute Gasteiger partial charge is 0.217 e. The molecule has 0 unspecified atom stereocenters. The molecule has 1 heterocycles. The van der Waals surface area contributed by atoms with Crippen molar-refractivity contribution < 1.29 is 30.0 Å². The molecule has 0 radical (unpaired) electrons. The second kappa shape index (κ2) is 6.72. The lowest BCUT2D eigenvalue weighted by atomic mass is 9.86. The molecule has 0 aliphatic carbocycles. The van der Waals surface area contributed by atoms with Crippen molar-refractivity contribution in [3.8, 4) is 0 Å². The third-order valence-corrected chi connectivity index (χ3v) is 3.75. The minimum atomic E-state index is -1.95. The van der Waals surface area contributed by atoms with Gasteiger partial charge in [0, 0.05) is 13.3 Å². The molecule has 1 aromatic carbocycles. The maximum atomic E-state index is 11.3. The normalized spacial score (nSPS) is 35.1. The fourth-order valence-electron chi connectivity index (χ4n) is 2.69. The number of aliphatic hydroxyl groups is 4. The maximum absolute atomic E-state index is 11.3. The molecule has 7 nitrogen and oxygen atoms in total. The van der Waals surface area contributed by atoms with Gasteiger partial charge in [0.1, 0.15) is 24.4 Å². The summed E-state index contributed by atoms with van der Waals surface area (Å²) in [5.41, 5.74) is 0.723. The summed E-state index contributed by atoms with van der Waals surface area (Å²) in [5.74, 6) is -2.42. The van der Waals surface area contributed by atoms with Crippen LogP contribution in [0.4, 0.5) is 0 Å². The number of benzene rings is 1. The van der Waals surface area contributed by atoms with E-state index in [1.54, 1.807) is 24.3 Å². The zero-order valence-electron chi connectivity index (χ0n) is 12.2. The number of carbonyl (C=O) groups is 1. The van der Waals surface area contributed by atoms with E-state index in [0.717, 1.165) is 5.56 Å². The van der Waals surface area contributed by atoms with E-state index in [0.29, 0.717) is 0 Å². The molecule has 1 aliphatic heterocycles. The summed E-state index contributed by atoms with van der Waals surface area (Å²) in [5, 5.41) is 42.6. The molecule has 5 N–H and O–H groups in total. The van der Waals surface area contributed by atoms with Crippen LogP contribution in [0.1, 0.15) is 12.5 Å². The van der Waals surface area contributed by atoms with Crippen molar-refractivity contribution in [1.82, 2.24) is 5.32 Å². The molecule has 0 saturated carbocycles. The van der Waals surface area contributed by atoms with E-state index in [1.807, 2.05) is 6.07 Å². The monoisotopic (exact) mass is 311 g/mol. The summed E-state index contributed by atoms with van der Waals surface area (Å²) >= 11 is 0. The topological polar surface area (TPSA) is 119 Å². The Balaban J connectivity index is 2.31. The number of aliphatic hydroxyl groups excluding tert-OH is 3. The van der Waals surface area contributed by atoms with Crippen molar-refractivity contribution in [2.24, 2.45) is 0 Å². The Morgan fingerprint density at radius 3 is 2.45 bits per heavy atom. The van der Waals surface area contributed by atoms with Gasteiger partial charge >= 0.3 is 0 Å². The molecule has 0 spiro atoms. The van der Waals surface area contributed by atoms with Gasteiger partial charge in [0.15, 0.2) is 5.79 Å². The standard InChI is InChI=1S/C15H21NO6/c1-9(18)16-14-13(20)12(19)11(8-17)22-15(14,21)7-10-5-3-2-4-6-10/h2-6,11-14,17,19-21H,7-8H2,1H3,(H,16,18)/t11-,12+,13+,14+,15+/m1/s1. The van der Waals surface area contributed by atoms with E-state index in [9.17, 15) is 25.2 Å². The molecule has 1 amide bonds. The molecule has 1 fully saturated rings. The number of amides is 1. The summed E-state index contributed by atoms with van der Waals surface area (Å²) in [6.07, 6.45) is -4.05. The van der Waals surface area contributed by atoms with Crippen molar-refractivity contribution in [3.05, 3.63) is 35.9 Å². The lowest BCUT2D eigenvalue weighted by Crippen LogP contribution is -2.70. The van der Waals surface area contributed by atoms with E-state index >= 15 is 0 Å². The minimum absolute atomic E-state index is 0.0148. The number of hydrogen-bond donors (Lipinski definition) is 5. The minimum Gasteiger partial charge on any atom is -0.394 e. The molecule has 2 rings (SSSR count). The predicted octanol–water partition coefficient (Wildman–Crippen LogP) is -1.46. The van der Waals surface area contributed by atoms with Gasteiger partial charge in [-0.3, -0.25) is 4.79 Å². The number of rotatable bonds is 4. The molecule has 1 aliphatic rings. The molecule has 0 aromatic heterocycles. The van der Waals surface area contributed by atoms with Gasteiger partial charge in [0.2, 0.25) is 5.91 Å². The Kier molecular flexibility index (Phi) is 5.15. The van der Waals surface area contributed by atoms with Crippen molar-refractivity contribution >= 4 is 5.91 Å². The number of nitrogens with one attached hydrogen (secondary N) is 1. The molecule has 1 aromatic rings. The Morgan fingerprint density at radius 2 is 1.91 bits per heavy atom. The fraction of sp³-hybridized carbons (Fsp3) is 0.533. The van der Waals surface area contributed by atoms with Crippen LogP contribution >= 0.6 is 0 Å². The van der Waals surface area contributed by atoms with E-state index < -0.39 is 42.7 Å². The first-order valence-corrected chi connectivity index (χ1v) is 7.05. The first kappa shape index (κ1) is 16.9. The molecule has 5 atom stereocenters. The highest BCUT2D eigenvalue weighted by atomic mass is 16.6. The van der Waals surface area contributed by atoms with Gasteiger partial charge in [0.05, 0.1) is 6.61 Å². The van der Waals surface area contributed by atoms with Crippen LogP contribution in [0.15, 0.2) is 30.3 Å². The maximum Gasteiger partial charge on any atom is 0.217 e. The molecule has 1 saturated heterocycles. The Bertz CT molecular complexity index is 510. The highest BCUT2D eigenvalue weighted by Gasteiger charge is 2.53. The molecule has 122 valence electrons. The van der Waals surface area contributed by atoms with Crippen molar-refractivity contribution in [2.45, 2.75) is 43.5 Å². The fourth-order valence-corrected chi connectivity index (χ4v) is 2.69. The molecular weight excluding hydrogens is 290 g/mol. The second-order valence-corrected chi connectivity index (χ2v) is 5.51. The Labute approximate surface area is 128 Å². The summed E-state index contributed by atoms with van der Waals surface area (Å²) in [7, 11) is 0. The third-order valence-electron chi connectivity index (χ3n) is 3.75. The van der Waals surface area contributed by atoms with Gasteiger partial charge in [-0.2, -0.15) is 0 Å². The summed E-state index contributed by atoms with van der Waals surface area (Å²) in [6.45, 7) is 0.669. The zero-order chi connectivity index (χ0) is 16.3. The SMILES string of the molecule is CC(=O)N[C@H]1[C@@H](O)[C@@H](O)[C@@H](CO)O[C@@]1(O)Cc1ccccc1. The average Bonchev–Trinajstić information content (AvgIpc) is 2.48. The zero-order valence-corrected chi connectivity index (χ0v) is 12.2. The first-order chi connectivity index (χ1) is 10.4. The van der Waals surface area contributed by atoms with Gasteiger partial charge in [-0.1, -0.05) is 30.3 Å². The largest absolute Gasteiger partial charge is 0.394 e. The van der Waals surface area contributed by atoms with E-state index in [2.05, 4.69) is 5.32 Å². The van der Waals surface area contributed by atoms with Crippen LogP contribution in [0.3, 0.4) is 0 Å². The van der Waals surface area contributed by atoms with E-state index in [4.69, 9.17) is 4.74 Å². The van der Waals surface area contributed by atoms with Crippen molar-refractivity contribution in [3.63, 3.8) is 0 Å². The highest BCUT2D eigenvalue weighted by molar-refractivity contribution is 5.73. The number of ether oxygens (including phenoxy) is 1. The van der Waals surface area contributed by atoms with Crippen molar-refractivity contribution in [2.75, 3.05) is 6.61 Å².